The third-order valence-corrected chi connectivity index (χ3v) is 2.88. The fourth-order valence-corrected chi connectivity index (χ4v) is 1.79. The molecule has 1 aromatic carbocycles. The van der Waals surface area contributed by atoms with Crippen LogP contribution in [-0.2, 0) is 0 Å². The Balaban J connectivity index is 2.85. The van der Waals surface area contributed by atoms with Crippen LogP contribution < -0.4 is 0 Å². The van der Waals surface area contributed by atoms with E-state index < -0.39 is 0 Å². The molecule has 3 nitrogen and oxygen atoms in total. The number of hydrogen-bond acceptors (Lipinski definition) is 2. The minimum Gasteiger partial charge on any atom is -0.357 e. The van der Waals surface area contributed by atoms with Gasteiger partial charge >= 0.3 is 0 Å². The summed E-state index contributed by atoms with van der Waals surface area (Å²) in [6.07, 6.45) is 0. The first kappa shape index (κ1) is 12.8. The van der Waals surface area contributed by atoms with Crippen molar-refractivity contribution in [1.82, 2.24) is 4.90 Å². The molecule has 0 radical (unpaired) electrons. The first-order valence-electron chi connectivity index (χ1n) is 5.13. The second-order valence-electron chi connectivity index (χ2n) is 3.39. The van der Waals surface area contributed by atoms with Crippen LogP contribution in [0.4, 0.5) is 0 Å². The van der Waals surface area contributed by atoms with Crippen molar-refractivity contribution in [3.63, 3.8) is 0 Å². The summed E-state index contributed by atoms with van der Waals surface area (Å²) in [7, 11) is 3.78. The Morgan fingerprint density at radius 3 is 2.44 bits per heavy atom. The van der Waals surface area contributed by atoms with Crippen LogP contribution in [0.2, 0.25) is 0 Å². The summed E-state index contributed by atoms with van der Waals surface area (Å²) in [6, 6.07) is 9.11. The van der Waals surface area contributed by atoms with E-state index in [1.54, 1.807) is 23.9 Å². The number of carbonyl (C=O) groups is 1. The molecule has 1 rings (SSSR count). The van der Waals surface area contributed by atoms with Crippen LogP contribution in [0.1, 0.15) is 17.3 Å². The molecule has 0 fully saturated rings. The highest BCUT2D eigenvalue weighted by atomic mass is 32.2. The quantitative estimate of drug-likeness (QED) is 0.584. The number of carbonyl (C=O) groups excluding carboxylic acids is 1. The van der Waals surface area contributed by atoms with E-state index in [4.69, 9.17) is 0 Å². The standard InChI is InChI=1S/C12H16N2OS/c1-4-16-12(14(2)3)13-11(15)10-8-6-5-7-9-10/h5-9H,4H2,1-3H3. The van der Waals surface area contributed by atoms with Crippen molar-refractivity contribution < 1.29 is 4.79 Å². The van der Waals surface area contributed by atoms with Gasteiger partial charge in [-0.2, -0.15) is 4.99 Å². The number of aliphatic imine (C=N–C) groups is 1. The first-order valence-corrected chi connectivity index (χ1v) is 6.12. The molecule has 0 unspecified atom stereocenters. The largest absolute Gasteiger partial charge is 0.357 e. The molecule has 0 saturated carbocycles. The summed E-state index contributed by atoms with van der Waals surface area (Å²) in [5, 5.41) is 0.747. The van der Waals surface area contributed by atoms with Gasteiger partial charge in [-0.05, 0) is 17.9 Å². The minimum absolute atomic E-state index is 0.190. The van der Waals surface area contributed by atoms with Gasteiger partial charge in [-0.15, -0.1) is 0 Å². The van der Waals surface area contributed by atoms with Crippen LogP contribution in [0.15, 0.2) is 35.3 Å². The molecule has 86 valence electrons. The number of rotatable bonds is 2. The summed E-state index contributed by atoms with van der Waals surface area (Å²) in [5.74, 6) is 0.712. The van der Waals surface area contributed by atoms with Crippen molar-refractivity contribution >= 4 is 22.8 Å². The van der Waals surface area contributed by atoms with Crippen molar-refractivity contribution in [3.8, 4) is 0 Å². The summed E-state index contributed by atoms with van der Waals surface area (Å²) in [6.45, 7) is 2.04. The second-order valence-corrected chi connectivity index (χ2v) is 4.62. The highest BCUT2D eigenvalue weighted by Crippen LogP contribution is 2.08. The lowest BCUT2D eigenvalue weighted by atomic mass is 10.2. The Morgan fingerprint density at radius 2 is 1.94 bits per heavy atom. The molecule has 0 aromatic heterocycles. The van der Waals surface area contributed by atoms with Crippen LogP contribution in [0.25, 0.3) is 0 Å². The molecule has 0 saturated heterocycles. The van der Waals surface area contributed by atoms with E-state index in [0.717, 1.165) is 10.9 Å². The number of hydrogen-bond donors (Lipinski definition) is 0. The maximum Gasteiger partial charge on any atom is 0.279 e. The monoisotopic (exact) mass is 236 g/mol. The van der Waals surface area contributed by atoms with Crippen LogP contribution in [-0.4, -0.2) is 35.8 Å². The zero-order valence-electron chi connectivity index (χ0n) is 9.80. The van der Waals surface area contributed by atoms with Crippen LogP contribution >= 0.6 is 11.8 Å². The van der Waals surface area contributed by atoms with E-state index in [0.29, 0.717) is 5.56 Å². The van der Waals surface area contributed by atoms with E-state index in [1.807, 2.05) is 44.1 Å². The van der Waals surface area contributed by atoms with E-state index in [9.17, 15) is 4.79 Å². The third-order valence-electron chi connectivity index (χ3n) is 1.87. The number of thioether (sulfide) groups is 1. The van der Waals surface area contributed by atoms with Crippen LogP contribution in [0, 0.1) is 0 Å². The Bertz CT molecular complexity index is 374. The molecular formula is C12H16N2OS. The van der Waals surface area contributed by atoms with Gasteiger partial charge in [-0.1, -0.05) is 36.9 Å². The topological polar surface area (TPSA) is 32.7 Å². The Kier molecular flexibility index (Phi) is 5.05. The molecule has 0 atom stereocenters. The third kappa shape index (κ3) is 3.70. The molecule has 0 aliphatic rings. The van der Waals surface area contributed by atoms with Crippen LogP contribution in [0.3, 0.4) is 0 Å². The van der Waals surface area contributed by atoms with Crippen molar-refractivity contribution in [1.29, 1.82) is 0 Å². The van der Waals surface area contributed by atoms with Gasteiger partial charge in [0.1, 0.15) is 0 Å². The fourth-order valence-electron chi connectivity index (χ4n) is 1.12. The average Bonchev–Trinajstić information content (AvgIpc) is 2.29. The second kappa shape index (κ2) is 6.33. The van der Waals surface area contributed by atoms with Gasteiger partial charge in [0, 0.05) is 19.7 Å². The molecule has 16 heavy (non-hydrogen) atoms. The predicted octanol–water partition coefficient (Wildman–Crippen LogP) is 2.50. The zero-order valence-corrected chi connectivity index (χ0v) is 10.6. The van der Waals surface area contributed by atoms with Crippen molar-refractivity contribution in [2.75, 3.05) is 19.8 Å². The molecular weight excluding hydrogens is 220 g/mol. The van der Waals surface area contributed by atoms with Gasteiger partial charge in [0.2, 0.25) is 0 Å². The molecule has 0 aliphatic heterocycles. The van der Waals surface area contributed by atoms with E-state index in [2.05, 4.69) is 4.99 Å². The van der Waals surface area contributed by atoms with Gasteiger partial charge in [0.25, 0.3) is 5.91 Å². The maximum atomic E-state index is 11.8. The fraction of sp³-hybridized carbons (Fsp3) is 0.333. The Labute approximate surface area is 101 Å². The summed E-state index contributed by atoms with van der Waals surface area (Å²) in [4.78, 5) is 17.8. The molecule has 0 spiro atoms. The van der Waals surface area contributed by atoms with Gasteiger partial charge in [0.05, 0.1) is 0 Å². The molecule has 4 heteroatoms. The van der Waals surface area contributed by atoms with E-state index in [-0.39, 0.29) is 5.91 Å². The van der Waals surface area contributed by atoms with Crippen LogP contribution in [0.5, 0.6) is 0 Å². The number of amidine groups is 1. The summed E-state index contributed by atoms with van der Waals surface area (Å²) < 4.78 is 0. The zero-order chi connectivity index (χ0) is 12.0. The van der Waals surface area contributed by atoms with Crippen molar-refractivity contribution in [3.05, 3.63) is 35.9 Å². The summed E-state index contributed by atoms with van der Waals surface area (Å²) in [5.41, 5.74) is 0.624. The van der Waals surface area contributed by atoms with Gasteiger partial charge < -0.3 is 4.90 Å². The van der Waals surface area contributed by atoms with E-state index in [1.165, 1.54) is 0 Å². The molecule has 0 aliphatic carbocycles. The smallest absolute Gasteiger partial charge is 0.279 e. The normalized spacial score (nSPS) is 11.3. The lowest BCUT2D eigenvalue weighted by molar-refractivity contribution is 0.100. The minimum atomic E-state index is -0.190. The molecule has 0 N–H and O–H groups in total. The Hall–Kier alpha value is -1.29. The molecule has 1 amide bonds. The van der Waals surface area contributed by atoms with E-state index >= 15 is 0 Å². The predicted molar refractivity (Wildman–Crippen MR) is 70.0 cm³/mol. The Morgan fingerprint density at radius 1 is 1.31 bits per heavy atom. The SMILES string of the molecule is CCSC(=NC(=O)c1ccccc1)N(C)C. The first-order chi connectivity index (χ1) is 7.65. The molecule has 0 bridgehead atoms. The van der Waals surface area contributed by atoms with Gasteiger partial charge in [0.15, 0.2) is 5.17 Å². The highest BCUT2D eigenvalue weighted by Gasteiger charge is 2.07. The molecule has 0 heterocycles. The average molecular weight is 236 g/mol. The number of benzene rings is 1. The van der Waals surface area contributed by atoms with Gasteiger partial charge in [-0.3, -0.25) is 4.79 Å². The molecule has 1 aromatic rings. The van der Waals surface area contributed by atoms with Gasteiger partial charge in [-0.25, -0.2) is 0 Å². The maximum absolute atomic E-state index is 11.8. The highest BCUT2D eigenvalue weighted by molar-refractivity contribution is 8.13. The number of nitrogens with zero attached hydrogens (tertiary/aromatic N) is 2. The number of amides is 1. The lowest BCUT2D eigenvalue weighted by Crippen LogP contribution is -2.20. The van der Waals surface area contributed by atoms with Crippen molar-refractivity contribution in [2.24, 2.45) is 4.99 Å². The lowest BCUT2D eigenvalue weighted by Gasteiger charge is -2.13. The summed E-state index contributed by atoms with van der Waals surface area (Å²) >= 11 is 1.56. The van der Waals surface area contributed by atoms with Crippen molar-refractivity contribution in [2.45, 2.75) is 6.92 Å².